The summed E-state index contributed by atoms with van der Waals surface area (Å²) in [5.74, 6) is -1.10. The second-order valence-corrected chi connectivity index (χ2v) is 9.55. The molecule has 7 nitrogen and oxygen atoms in total. The zero-order valence-corrected chi connectivity index (χ0v) is 21.6. The molecule has 4 aromatic carbocycles. The summed E-state index contributed by atoms with van der Waals surface area (Å²) in [4.78, 5) is 39.9. The Morgan fingerprint density at radius 3 is 2.44 bits per heavy atom. The van der Waals surface area contributed by atoms with E-state index in [-0.39, 0.29) is 16.3 Å². The Balaban J connectivity index is 1.42. The molecule has 5 aromatic rings. The Morgan fingerprint density at radius 1 is 0.897 bits per heavy atom. The van der Waals surface area contributed by atoms with Gasteiger partial charge in [-0.1, -0.05) is 72.3 Å². The number of para-hydroxylation sites is 1. The minimum atomic E-state index is -0.846. The summed E-state index contributed by atoms with van der Waals surface area (Å²) in [6.07, 6.45) is 3.45. The molecule has 0 aliphatic carbocycles. The molecule has 6 rings (SSSR count). The van der Waals surface area contributed by atoms with Gasteiger partial charge in [0.15, 0.2) is 0 Å². The molecule has 1 saturated heterocycles. The molecule has 1 fully saturated rings. The summed E-state index contributed by atoms with van der Waals surface area (Å²) < 4.78 is 7.26. The van der Waals surface area contributed by atoms with Gasteiger partial charge in [-0.05, 0) is 46.7 Å². The SMILES string of the molecule is COc1ccc(N2C(=O)NC(=O)C(=Cc3cn(Cc4cccc5ccccc45)c4ccccc34)C2=O)cc1Cl. The molecule has 2 heterocycles. The van der Waals surface area contributed by atoms with Crippen LogP contribution < -0.4 is 15.0 Å². The Morgan fingerprint density at radius 2 is 1.64 bits per heavy atom. The lowest BCUT2D eigenvalue weighted by Gasteiger charge is -2.26. The van der Waals surface area contributed by atoms with E-state index in [1.54, 1.807) is 6.07 Å². The highest BCUT2D eigenvalue weighted by Crippen LogP contribution is 2.32. The average Bonchev–Trinajstić information content (AvgIpc) is 3.28. The number of carbonyl (C=O) groups is 3. The number of rotatable bonds is 5. The number of urea groups is 1. The van der Waals surface area contributed by atoms with Crippen LogP contribution >= 0.6 is 11.6 Å². The van der Waals surface area contributed by atoms with Gasteiger partial charge in [0, 0.05) is 29.2 Å². The van der Waals surface area contributed by atoms with Crippen molar-refractivity contribution in [3.63, 3.8) is 0 Å². The summed E-state index contributed by atoms with van der Waals surface area (Å²) in [5, 5.41) is 5.69. The molecule has 1 aliphatic heterocycles. The normalized spacial score (nSPS) is 14.9. The predicted octanol–water partition coefficient (Wildman–Crippen LogP) is 6.17. The quantitative estimate of drug-likeness (QED) is 0.215. The van der Waals surface area contributed by atoms with Crippen LogP contribution in [0.1, 0.15) is 11.1 Å². The topological polar surface area (TPSA) is 80.6 Å². The fraction of sp³-hybridized carbons (Fsp3) is 0.0645. The van der Waals surface area contributed by atoms with Crippen LogP contribution in [0.2, 0.25) is 5.02 Å². The molecule has 0 unspecified atom stereocenters. The van der Waals surface area contributed by atoms with Crippen molar-refractivity contribution >= 4 is 62.9 Å². The molecular formula is C31H22ClN3O4. The molecule has 0 spiro atoms. The van der Waals surface area contributed by atoms with Gasteiger partial charge in [-0.2, -0.15) is 0 Å². The summed E-state index contributed by atoms with van der Waals surface area (Å²) in [7, 11) is 1.47. The summed E-state index contributed by atoms with van der Waals surface area (Å²) in [5.41, 5.74) is 2.85. The third-order valence-electron chi connectivity index (χ3n) is 6.84. The molecule has 8 heteroatoms. The average molecular weight is 536 g/mol. The monoisotopic (exact) mass is 535 g/mol. The van der Waals surface area contributed by atoms with Crippen molar-refractivity contribution in [1.29, 1.82) is 0 Å². The second kappa shape index (κ2) is 9.78. The largest absolute Gasteiger partial charge is 0.495 e. The number of ether oxygens (including phenoxy) is 1. The summed E-state index contributed by atoms with van der Waals surface area (Å²) in [6, 6.07) is 25.9. The Kier molecular flexibility index (Phi) is 6.13. The van der Waals surface area contributed by atoms with Crippen LogP contribution in [0.5, 0.6) is 5.75 Å². The first-order valence-corrected chi connectivity index (χ1v) is 12.6. The van der Waals surface area contributed by atoms with Crippen molar-refractivity contribution in [2.45, 2.75) is 6.54 Å². The van der Waals surface area contributed by atoms with Gasteiger partial charge in [0.2, 0.25) is 0 Å². The third kappa shape index (κ3) is 4.32. The highest BCUT2D eigenvalue weighted by Gasteiger charge is 2.37. The molecule has 0 saturated carbocycles. The van der Waals surface area contributed by atoms with Crippen LogP contribution in [0.25, 0.3) is 27.8 Å². The number of barbiturate groups is 1. The lowest BCUT2D eigenvalue weighted by molar-refractivity contribution is -0.122. The van der Waals surface area contributed by atoms with Gasteiger partial charge in [0.25, 0.3) is 11.8 Å². The van der Waals surface area contributed by atoms with E-state index in [2.05, 4.69) is 34.1 Å². The number of methoxy groups -OCH3 is 1. The number of amides is 4. The van der Waals surface area contributed by atoms with Crippen molar-refractivity contribution in [3.8, 4) is 5.75 Å². The number of anilines is 1. The smallest absolute Gasteiger partial charge is 0.335 e. The molecule has 192 valence electrons. The summed E-state index contributed by atoms with van der Waals surface area (Å²) in [6.45, 7) is 0.597. The Bertz CT molecular complexity index is 1830. The fourth-order valence-electron chi connectivity index (χ4n) is 4.98. The van der Waals surface area contributed by atoms with E-state index in [0.717, 1.165) is 32.1 Å². The number of nitrogens with one attached hydrogen (secondary N) is 1. The number of hydrogen-bond acceptors (Lipinski definition) is 4. The van der Waals surface area contributed by atoms with Crippen LogP contribution in [0.3, 0.4) is 0 Å². The Hall–Kier alpha value is -4.88. The van der Waals surface area contributed by atoms with Crippen LogP contribution in [0.15, 0.2) is 96.7 Å². The van der Waals surface area contributed by atoms with Crippen molar-refractivity contribution in [3.05, 3.63) is 113 Å². The van der Waals surface area contributed by atoms with Crippen LogP contribution in [0, 0.1) is 0 Å². The van der Waals surface area contributed by atoms with Gasteiger partial charge in [0.1, 0.15) is 11.3 Å². The molecule has 1 aromatic heterocycles. The number of nitrogens with zero attached hydrogens (tertiary/aromatic N) is 2. The zero-order chi connectivity index (χ0) is 27.1. The van der Waals surface area contributed by atoms with Crippen LogP contribution in [0.4, 0.5) is 10.5 Å². The zero-order valence-electron chi connectivity index (χ0n) is 20.9. The number of aromatic nitrogens is 1. The van der Waals surface area contributed by atoms with Gasteiger partial charge >= 0.3 is 6.03 Å². The molecule has 0 radical (unpaired) electrons. The third-order valence-corrected chi connectivity index (χ3v) is 7.13. The molecule has 4 amide bonds. The van der Waals surface area contributed by atoms with Gasteiger partial charge in [-0.3, -0.25) is 14.9 Å². The first-order chi connectivity index (χ1) is 18.9. The first-order valence-electron chi connectivity index (χ1n) is 12.2. The van der Waals surface area contributed by atoms with Crippen LogP contribution in [-0.4, -0.2) is 29.5 Å². The lowest BCUT2D eigenvalue weighted by atomic mass is 10.0. The van der Waals surface area contributed by atoms with Crippen molar-refractivity contribution in [1.82, 2.24) is 9.88 Å². The minimum Gasteiger partial charge on any atom is -0.495 e. The van der Waals surface area contributed by atoms with Gasteiger partial charge in [0.05, 0.1) is 17.8 Å². The van der Waals surface area contributed by atoms with E-state index in [4.69, 9.17) is 16.3 Å². The highest BCUT2D eigenvalue weighted by molar-refractivity contribution is 6.40. The minimum absolute atomic E-state index is 0.158. The van der Waals surface area contributed by atoms with E-state index in [0.29, 0.717) is 17.9 Å². The number of fused-ring (bicyclic) bond motifs is 2. The van der Waals surface area contributed by atoms with E-state index in [1.165, 1.54) is 25.3 Å². The van der Waals surface area contributed by atoms with Crippen molar-refractivity contribution in [2.75, 3.05) is 12.0 Å². The predicted molar refractivity (Wildman–Crippen MR) is 152 cm³/mol. The molecular weight excluding hydrogens is 514 g/mol. The van der Waals surface area contributed by atoms with Gasteiger partial charge in [-0.15, -0.1) is 0 Å². The van der Waals surface area contributed by atoms with E-state index < -0.39 is 17.8 Å². The number of imide groups is 2. The molecule has 39 heavy (non-hydrogen) atoms. The number of carbonyl (C=O) groups excluding carboxylic acids is 3. The number of halogens is 1. The standard InChI is InChI=1S/C31H22ClN3O4/c1-39-28-14-13-22(16-26(28)32)35-30(37)25(29(36)33-31(35)38)15-21-18-34(27-12-5-4-11-24(21)27)17-20-9-6-8-19-7-2-3-10-23(19)20/h2-16,18H,17H2,1H3,(H,33,36,38). The molecule has 1 N–H and O–H groups in total. The van der Waals surface area contributed by atoms with E-state index in [9.17, 15) is 14.4 Å². The number of benzene rings is 4. The molecule has 0 bridgehead atoms. The number of hydrogen-bond donors (Lipinski definition) is 1. The lowest BCUT2D eigenvalue weighted by Crippen LogP contribution is -2.54. The fourth-order valence-corrected chi connectivity index (χ4v) is 5.23. The Labute approximate surface area is 228 Å². The van der Waals surface area contributed by atoms with E-state index in [1.807, 2.05) is 48.7 Å². The summed E-state index contributed by atoms with van der Waals surface area (Å²) >= 11 is 6.23. The molecule has 0 atom stereocenters. The van der Waals surface area contributed by atoms with Gasteiger partial charge in [-0.25, -0.2) is 9.69 Å². The maximum Gasteiger partial charge on any atom is 0.335 e. The first kappa shape index (κ1) is 24.5. The maximum absolute atomic E-state index is 13.5. The highest BCUT2D eigenvalue weighted by atomic mass is 35.5. The second-order valence-electron chi connectivity index (χ2n) is 9.14. The van der Waals surface area contributed by atoms with E-state index >= 15 is 0 Å². The van der Waals surface area contributed by atoms with Gasteiger partial charge < -0.3 is 9.30 Å². The maximum atomic E-state index is 13.5. The van der Waals surface area contributed by atoms with Crippen molar-refractivity contribution in [2.24, 2.45) is 0 Å². The molecule has 1 aliphatic rings. The van der Waals surface area contributed by atoms with Crippen molar-refractivity contribution < 1.29 is 19.1 Å². The van der Waals surface area contributed by atoms with Crippen LogP contribution in [-0.2, 0) is 16.1 Å².